The molecule has 0 heterocycles. The van der Waals surface area contributed by atoms with Crippen molar-refractivity contribution in [2.45, 2.75) is 31.2 Å². The molecule has 21 heavy (non-hydrogen) atoms. The van der Waals surface area contributed by atoms with Crippen molar-refractivity contribution < 1.29 is 19.6 Å². The van der Waals surface area contributed by atoms with Gasteiger partial charge in [0, 0.05) is 12.1 Å². The number of rotatable bonds is 5. The van der Waals surface area contributed by atoms with Crippen LogP contribution in [-0.2, 0) is 16.0 Å². The minimum absolute atomic E-state index is 0.109. The Kier molecular flexibility index (Phi) is 4.13. The molecule has 0 spiro atoms. The number of benzene rings is 1. The Morgan fingerprint density at radius 2 is 2.10 bits per heavy atom. The van der Waals surface area contributed by atoms with Crippen LogP contribution < -0.4 is 5.32 Å². The van der Waals surface area contributed by atoms with E-state index in [2.05, 4.69) is 5.32 Å². The molecule has 8 heteroatoms. The highest BCUT2D eigenvalue weighted by atomic mass is 35.5. The monoisotopic (exact) mass is 312 g/mol. The summed E-state index contributed by atoms with van der Waals surface area (Å²) in [5.41, 5.74) is -0.922. The van der Waals surface area contributed by atoms with Crippen LogP contribution >= 0.6 is 11.6 Å². The molecule has 1 aromatic rings. The van der Waals surface area contributed by atoms with Crippen LogP contribution in [0.15, 0.2) is 18.2 Å². The first-order valence-electron chi connectivity index (χ1n) is 6.31. The number of carbonyl (C=O) groups is 2. The largest absolute Gasteiger partial charge is 0.480 e. The second-order valence-corrected chi connectivity index (χ2v) is 5.41. The lowest BCUT2D eigenvalue weighted by Gasteiger charge is -2.38. The van der Waals surface area contributed by atoms with Gasteiger partial charge in [-0.15, -0.1) is 0 Å². The van der Waals surface area contributed by atoms with E-state index < -0.39 is 22.3 Å². The zero-order valence-electron chi connectivity index (χ0n) is 11.0. The third kappa shape index (κ3) is 3.13. The standard InChI is InChI=1S/C13H13ClN2O5/c14-10-7-9(16(20)21)3-2-8(10)6-11(17)15-13(12(18)19)4-1-5-13/h2-3,7H,1,4-6H2,(H,15,17)(H,18,19). The molecule has 2 rings (SSSR count). The first kappa shape index (κ1) is 15.2. The first-order valence-corrected chi connectivity index (χ1v) is 6.69. The Morgan fingerprint density at radius 3 is 2.52 bits per heavy atom. The Bertz CT molecular complexity index is 613. The van der Waals surface area contributed by atoms with Crippen molar-refractivity contribution in [1.29, 1.82) is 0 Å². The number of nitro groups is 1. The van der Waals surface area contributed by atoms with E-state index in [1.807, 2.05) is 0 Å². The zero-order chi connectivity index (χ0) is 15.6. The van der Waals surface area contributed by atoms with Crippen LogP contribution in [-0.4, -0.2) is 27.4 Å². The molecule has 112 valence electrons. The molecule has 0 aromatic heterocycles. The van der Waals surface area contributed by atoms with Crippen LogP contribution in [0.4, 0.5) is 5.69 Å². The number of hydrogen-bond donors (Lipinski definition) is 2. The van der Waals surface area contributed by atoms with Gasteiger partial charge in [-0.2, -0.15) is 0 Å². The van der Waals surface area contributed by atoms with E-state index in [9.17, 15) is 19.7 Å². The zero-order valence-corrected chi connectivity index (χ0v) is 11.7. The SMILES string of the molecule is O=C(Cc1ccc([N+](=O)[O-])cc1Cl)NC1(C(=O)O)CCC1. The van der Waals surface area contributed by atoms with Crippen molar-refractivity contribution in [2.24, 2.45) is 0 Å². The molecule has 0 bridgehead atoms. The molecule has 0 unspecified atom stereocenters. The van der Waals surface area contributed by atoms with Gasteiger partial charge in [0.05, 0.1) is 16.4 Å². The Balaban J connectivity index is 2.06. The summed E-state index contributed by atoms with van der Waals surface area (Å²) in [5.74, 6) is -1.51. The quantitative estimate of drug-likeness (QED) is 0.637. The lowest BCUT2D eigenvalue weighted by atomic mass is 9.76. The van der Waals surface area contributed by atoms with Crippen LogP contribution in [0.25, 0.3) is 0 Å². The molecule has 2 N–H and O–H groups in total. The highest BCUT2D eigenvalue weighted by Gasteiger charge is 2.45. The molecule has 1 aliphatic carbocycles. The van der Waals surface area contributed by atoms with Gasteiger partial charge < -0.3 is 10.4 Å². The van der Waals surface area contributed by atoms with Gasteiger partial charge in [-0.05, 0) is 24.8 Å². The second-order valence-electron chi connectivity index (χ2n) is 5.00. The molecule has 1 aliphatic rings. The highest BCUT2D eigenvalue weighted by molar-refractivity contribution is 6.31. The molecule has 0 atom stereocenters. The van der Waals surface area contributed by atoms with Crippen LogP contribution in [0, 0.1) is 10.1 Å². The Morgan fingerprint density at radius 1 is 1.43 bits per heavy atom. The molecular weight excluding hydrogens is 300 g/mol. The summed E-state index contributed by atoms with van der Waals surface area (Å²) in [5, 5.41) is 22.4. The molecule has 0 aliphatic heterocycles. The van der Waals surface area contributed by atoms with Crippen molar-refractivity contribution in [3.05, 3.63) is 38.9 Å². The van der Waals surface area contributed by atoms with Gasteiger partial charge in [0.2, 0.25) is 5.91 Å². The first-order chi connectivity index (χ1) is 9.84. The number of non-ortho nitro benzene ring substituents is 1. The van der Waals surface area contributed by atoms with Gasteiger partial charge >= 0.3 is 5.97 Å². The predicted octanol–water partition coefficient (Wildman–Crippen LogP) is 1.91. The fraction of sp³-hybridized carbons (Fsp3) is 0.385. The molecule has 7 nitrogen and oxygen atoms in total. The molecule has 1 saturated carbocycles. The average Bonchev–Trinajstić information content (AvgIpc) is 2.35. The third-order valence-electron chi connectivity index (χ3n) is 3.59. The van der Waals surface area contributed by atoms with Crippen LogP contribution in [0.1, 0.15) is 24.8 Å². The molecule has 1 amide bonds. The van der Waals surface area contributed by atoms with Gasteiger partial charge in [-0.3, -0.25) is 14.9 Å². The fourth-order valence-corrected chi connectivity index (χ4v) is 2.44. The summed E-state index contributed by atoms with van der Waals surface area (Å²) in [4.78, 5) is 33.1. The summed E-state index contributed by atoms with van der Waals surface area (Å²) >= 11 is 5.90. The van der Waals surface area contributed by atoms with Crippen molar-refractivity contribution in [3.63, 3.8) is 0 Å². The van der Waals surface area contributed by atoms with Crippen molar-refractivity contribution >= 4 is 29.2 Å². The summed E-state index contributed by atoms with van der Waals surface area (Å²) in [7, 11) is 0. The highest BCUT2D eigenvalue weighted by Crippen LogP contribution is 2.32. The molecule has 0 radical (unpaired) electrons. The summed E-state index contributed by atoms with van der Waals surface area (Å²) < 4.78 is 0. The van der Waals surface area contributed by atoms with Crippen LogP contribution in [0.3, 0.4) is 0 Å². The van der Waals surface area contributed by atoms with E-state index in [1.54, 1.807) is 0 Å². The predicted molar refractivity (Wildman–Crippen MR) is 74.2 cm³/mol. The van der Waals surface area contributed by atoms with E-state index in [4.69, 9.17) is 16.7 Å². The smallest absolute Gasteiger partial charge is 0.329 e. The number of carboxylic acids is 1. The van der Waals surface area contributed by atoms with E-state index in [0.29, 0.717) is 18.4 Å². The van der Waals surface area contributed by atoms with E-state index in [0.717, 1.165) is 6.42 Å². The Labute approximate surface area is 125 Å². The fourth-order valence-electron chi connectivity index (χ4n) is 2.20. The summed E-state index contributed by atoms with van der Waals surface area (Å²) in [6, 6.07) is 3.82. The molecular formula is C13H13ClN2O5. The number of amides is 1. The number of nitrogens with zero attached hydrogens (tertiary/aromatic N) is 1. The lowest BCUT2D eigenvalue weighted by Crippen LogP contribution is -2.59. The lowest BCUT2D eigenvalue weighted by molar-refractivity contribution is -0.384. The normalized spacial score (nSPS) is 15.9. The topological polar surface area (TPSA) is 110 Å². The van der Waals surface area contributed by atoms with Gasteiger partial charge in [-0.25, -0.2) is 4.79 Å². The van der Waals surface area contributed by atoms with Gasteiger partial charge in [-0.1, -0.05) is 17.7 Å². The number of aliphatic carboxylic acids is 1. The van der Waals surface area contributed by atoms with E-state index >= 15 is 0 Å². The molecule has 0 saturated heterocycles. The minimum atomic E-state index is -1.18. The second kappa shape index (κ2) is 5.69. The Hall–Kier alpha value is -2.15. The van der Waals surface area contributed by atoms with Crippen molar-refractivity contribution in [3.8, 4) is 0 Å². The summed E-state index contributed by atoms with van der Waals surface area (Å²) in [6.45, 7) is 0. The van der Waals surface area contributed by atoms with Gasteiger partial charge in [0.1, 0.15) is 5.54 Å². The van der Waals surface area contributed by atoms with Crippen molar-refractivity contribution in [1.82, 2.24) is 5.32 Å². The number of nitro benzene ring substituents is 1. The minimum Gasteiger partial charge on any atom is -0.480 e. The maximum absolute atomic E-state index is 11.9. The molecule has 1 aromatic carbocycles. The third-order valence-corrected chi connectivity index (χ3v) is 3.95. The summed E-state index contributed by atoms with van der Waals surface area (Å²) in [6.07, 6.45) is 1.45. The number of hydrogen-bond acceptors (Lipinski definition) is 4. The van der Waals surface area contributed by atoms with E-state index in [1.165, 1.54) is 18.2 Å². The number of carbonyl (C=O) groups excluding carboxylic acids is 1. The van der Waals surface area contributed by atoms with Crippen LogP contribution in [0.2, 0.25) is 5.02 Å². The van der Waals surface area contributed by atoms with Crippen LogP contribution in [0.5, 0.6) is 0 Å². The van der Waals surface area contributed by atoms with Gasteiger partial charge in [0.25, 0.3) is 5.69 Å². The number of carboxylic acid groups (broad SMARTS) is 1. The van der Waals surface area contributed by atoms with E-state index in [-0.39, 0.29) is 17.1 Å². The van der Waals surface area contributed by atoms with Crippen molar-refractivity contribution in [2.75, 3.05) is 0 Å². The number of halogens is 1. The molecule has 1 fully saturated rings. The average molecular weight is 313 g/mol. The maximum atomic E-state index is 11.9. The van der Waals surface area contributed by atoms with Gasteiger partial charge in [0.15, 0.2) is 0 Å². The maximum Gasteiger partial charge on any atom is 0.329 e. The number of nitrogens with one attached hydrogen (secondary N) is 1.